The minimum atomic E-state index is -0.243. The number of hydrogen-bond donors (Lipinski definition) is 1. The van der Waals surface area contributed by atoms with E-state index in [2.05, 4.69) is 5.32 Å². The number of benzene rings is 2. The second kappa shape index (κ2) is 5.14. The van der Waals surface area contributed by atoms with Crippen molar-refractivity contribution in [1.82, 2.24) is 0 Å². The zero-order valence-corrected chi connectivity index (χ0v) is 11.4. The van der Waals surface area contributed by atoms with E-state index >= 15 is 0 Å². The predicted octanol–water partition coefficient (Wildman–Crippen LogP) is 3.87. The molecular formula is C17H12N2O2. The second-order valence-corrected chi connectivity index (χ2v) is 4.68. The van der Waals surface area contributed by atoms with E-state index in [-0.39, 0.29) is 5.91 Å². The van der Waals surface area contributed by atoms with Gasteiger partial charge in [0.25, 0.3) is 5.91 Å². The summed E-state index contributed by atoms with van der Waals surface area (Å²) >= 11 is 0. The van der Waals surface area contributed by atoms with Crippen molar-refractivity contribution in [2.75, 3.05) is 5.32 Å². The molecule has 3 rings (SSSR count). The van der Waals surface area contributed by atoms with Crippen molar-refractivity contribution in [2.24, 2.45) is 0 Å². The first-order valence-corrected chi connectivity index (χ1v) is 6.48. The summed E-state index contributed by atoms with van der Waals surface area (Å²) in [5, 5.41) is 12.5. The summed E-state index contributed by atoms with van der Waals surface area (Å²) in [4.78, 5) is 12.5. The number of para-hydroxylation sites is 1. The average Bonchev–Trinajstić information content (AvgIpc) is 2.83. The molecule has 0 radical (unpaired) electrons. The molecule has 4 heteroatoms. The van der Waals surface area contributed by atoms with Crippen LogP contribution in [0.25, 0.3) is 11.0 Å². The molecule has 2 aromatic carbocycles. The summed E-state index contributed by atoms with van der Waals surface area (Å²) in [6, 6.07) is 16.3. The molecule has 21 heavy (non-hydrogen) atoms. The van der Waals surface area contributed by atoms with Gasteiger partial charge < -0.3 is 9.73 Å². The maximum Gasteiger partial charge on any atom is 0.259 e. The summed E-state index contributed by atoms with van der Waals surface area (Å²) in [6.45, 7) is 1.76. The van der Waals surface area contributed by atoms with Gasteiger partial charge in [-0.2, -0.15) is 5.26 Å². The minimum Gasteiger partial charge on any atom is -0.461 e. The zero-order valence-electron chi connectivity index (χ0n) is 11.4. The molecule has 1 heterocycles. The van der Waals surface area contributed by atoms with Gasteiger partial charge in [0.05, 0.1) is 17.2 Å². The van der Waals surface area contributed by atoms with Gasteiger partial charge in [0, 0.05) is 11.1 Å². The summed E-state index contributed by atoms with van der Waals surface area (Å²) in [5.74, 6) is 0.331. The molecular weight excluding hydrogens is 264 g/mol. The van der Waals surface area contributed by atoms with Crippen LogP contribution >= 0.6 is 0 Å². The third-order valence-corrected chi connectivity index (χ3v) is 3.25. The van der Waals surface area contributed by atoms with Gasteiger partial charge >= 0.3 is 0 Å². The number of fused-ring (bicyclic) bond motifs is 1. The highest BCUT2D eigenvalue weighted by molar-refractivity contribution is 6.13. The van der Waals surface area contributed by atoms with E-state index in [1.54, 1.807) is 31.2 Å². The highest BCUT2D eigenvalue weighted by Crippen LogP contribution is 2.26. The summed E-state index contributed by atoms with van der Waals surface area (Å²) in [7, 11) is 0. The van der Waals surface area contributed by atoms with Crippen LogP contribution in [-0.2, 0) is 0 Å². The van der Waals surface area contributed by atoms with Gasteiger partial charge in [-0.1, -0.05) is 24.3 Å². The Hall–Kier alpha value is -3.06. The number of rotatable bonds is 2. The molecule has 0 aliphatic heterocycles. The predicted molar refractivity (Wildman–Crippen MR) is 80.1 cm³/mol. The van der Waals surface area contributed by atoms with Gasteiger partial charge in [-0.05, 0) is 31.2 Å². The van der Waals surface area contributed by atoms with Gasteiger partial charge in [-0.3, -0.25) is 4.79 Å². The molecule has 102 valence electrons. The van der Waals surface area contributed by atoms with Crippen LogP contribution in [0, 0.1) is 18.3 Å². The fourth-order valence-corrected chi connectivity index (χ4v) is 2.31. The molecule has 0 unspecified atom stereocenters. The molecule has 0 aliphatic carbocycles. The van der Waals surface area contributed by atoms with Crippen LogP contribution in [0.5, 0.6) is 0 Å². The van der Waals surface area contributed by atoms with Crippen LogP contribution in [0.2, 0.25) is 0 Å². The topological polar surface area (TPSA) is 66.0 Å². The number of nitriles is 1. The van der Waals surface area contributed by atoms with Crippen molar-refractivity contribution in [3.8, 4) is 6.07 Å². The van der Waals surface area contributed by atoms with E-state index in [1.807, 2.05) is 30.3 Å². The third kappa shape index (κ3) is 2.37. The Balaban J connectivity index is 1.97. The van der Waals surface area contributed by atoms with Crippen LogP contribution in [0.15, 0.2) is 52.9 Å². The largest absolute Gasteiger partial charge is 0.461 e. The van der Waals surface area contributed by atoms with Crippen LogP contribution in [0.1, 0.15) is 21.7 Å². The van der Waals surface area contributed by atoms with Crippen molar-refractivity contribution in [3.05, 3.63) is 65.4 Å². The van der Waals surface area contributed by atoms with Crippen molar-refractivity contribution in [3.63, 3.8) is 0 Å². The lowest BCUT2D eigenvalue weighted by molar-refractivity contribution is 0.102. The molecule has 0 saturated carbocycles. The average molecular weight is 276 g/mol. The zero-order chi connectivity index (χ0) is 14.8. The number of aryl methyl sites for hydroxylation is 1. The molecule has 0 spiro atoms. The Kier molecular flexibility index (Phi) is 3.17. The fourth-order valence-electron chi connectivity index (χ4n) is 2.31. The Bertz CT molecular complexity index is 872. The summed E-state index contributed by atoms with van der Waals surface area (Å²) in [6.07, 6.45) is 0. The number of furan rings is 1. The van der Waals surface area contributed by atoms with Crippen molar-refractivity contribution in [2.45, 2.75) is 6.92 Å². The monoisotopic (exact) mass is 276 g/mol. The van der Waals surface area contributed by atoms with Crippen LogP contribution in [0.3, 0.4) is 0 Å². The van der Waals surface area contributed by atoms with Crippen molar-refractivity contribution >= 4 is 22.6 Å². The number of carbonyl (C=O) groups is 1. The molecule has 0 fully saturated rings. The maximum absolute atomic E-state index is 12.5. The van der Waals surface area contributed by atoms with Gasteiger partial charge in [-0.25, -0.2) is 0 Å². The maximum atomic E-state index is 12.5. The van der Waals surface area contributed by atoms with E-state index in [9.17, 15) is 4.79 Å². The molecule has 1 N–H and O–H groups in total. The quantitative estimate of drug-likeness (QED) is 0.772. The molecule has 0 saturated heterocycles. The number of hydrogen-bond acceptors (Lipinski definition) is 3. The Morgan fingerprint density at radius 3 is 2.81 bits per heavy atom. The normalized spacial score (nSPS) is 10.3. The van der Waals surface area contributed by atoms with Gasteiger partial charge in [0.15, 0.2) is 0 Å². The molecule has 1 aromatic heterocycles. The van der Waals surface area contributed by atoms with E-state index in [0.717, 1.165) is 5.39 Å². The fraction of sp³-hybridized carbons (Fsp3) is 0.0588. The second-order valence-electron chi connectivity index (χ2n) is 4.68. The van der Waals surface area contributed by atoms with Gasteiger partial charge in [-0.15, -0.1) is 0 Å². The lowest BCUT2D eigenvalue weighted by Gasteiger charge is -2.05. The molecule has 1 amide bonds. The molecule has 0 bridgehead atoms. The van der Waals surface area contributed by atoms with E-state index in [4.69, 9.17) is 9.68 Å². The lowest BCUT2D eigenvalue weighted by atomic mass is 10.1. The molecule has 4 nitrogen and oxygen atoms in total. The number of nitrogens with zero attached hydrogens (tertiary/aromatic N) is 1. The van der Waals surface area contributed by atoms with Gasteiger partial charge in [0.2, 0.25) is 0 Å². The number of anilines is 1. The number of carbonyl (C=O) groups excluding carboxylic acids is 1. The van der Waals surface area contributed by atoms with Crippen molar-refractivity contribution < 1.29 is 9.21 Å². The van der Waals surface area contributed by atoms with E-state index in [0.29, 0.717) is 28.2 Å². The highest BCUT2D eigenvalue weighted by Gasteiger charge is 2.17. The molecule has 0 aliphatic rings. The first-order chi connectivity index (χ1) is 10.2. The van der Waals surface area contributed by atoms with Crippen LogP contribution in [-0.4, -0.2) is 5.91 Å². The molecule has 3 aromatic rings. The van der Waals surface area contributed by atoms with Crippen LogP contribution < -0.4 is 5.32 Å². The van der Waals surface area contributed by atoms with E-state index < -0.39 is 0 Å². The SMILES string of the molecule is Cc1oc2ccccc2c1C(=O)Nc1cccc(C#N)c1. The Morgan fingerprint density at radius 1 is 1.19 bits per heavy atom. The smallest absolute Gasteiger partial charge is 0.259 e. The van der Waals surface area contributed by atoms with Gasteiger partial charge in [0.1, 0.15) is 11.3 Å². The van der Waals surface area contributed by atoms with E-state index in [1.165, 1.54) is 0 Å². The summed E-state index contributed by atoms with van der Waals surface area (Å²) < 4.78 is 5.59. The Labute approximate surface area is 121 Å². The molecule has 0 atom stereocenters. The number of amides is 1. The Morgan fingerprint density at radius 2 is 2.00 bits per heavy atom. The van der Waals surface area contributed by atoms with Crippen LogP contribution in [0.4, 0.5) is 5.69 Å². The highest BCUT2D eigenvalue weighted by atomic mass is 16.3. The number of nitrogens with one attached hydrogen (secondary N) is 1. The third-order valence-electron chi connectivity index (χ3n) is 3.25. The lowest BCUT2D eigenvalue weighted by Crippen LogP contribution is -2.12. The first kappa shape index (κ1) is 12.9. The standard InChI is InChI=1S/C17H12N2O2/c1-11-16(14-7-2-3-8-15(14)21-11)17(20)19-13-6-4-5-12(9-13)10-18/h2-9H,1H3,(H,19,20). The minimum absolute atomic E-state index is 0.243. The van der Waals surface area contributed by atoms with Crippen molar-refractivity contribution in [1.29, 1.82) is 5.26 Å². The first-order valence-electron chi connectivity index (χ1n) is 6.48. The summed E-state index contributed by atoms with van der Waals surface area (Å²) in [5.41, 5.74) is 2.30.